The lowest BCUT2D eigenvalue weighted by Crippen LogP contribution is -2.35. The topological polar surface area (TPSA) is 71.2 Å². The van der Waals surface area contributed by atoms with Crippen LogP contribution in [0.5, 0.6) is 0 Å². The van der Waals surface area contributed by atoms with Gasteiger partial charge in [-0.25, -0.2) is 4.68 Å². The molecule has 110 valence electrons. The molecular formula is C14H15BrN4O2. The number of halogens is 1. The van der Waals surface area contributed by atoms with Crippen LogP contribution in [0.2, 0.25) is 0 Å². The van der Waals surface area contributed by atoms with Crippen LogP contribution < -0.4 is 0 Å². The minimum Gasteiger partial charge on any atom is -0.480 e. The molecule has 1 aromatic carbocycles. The van der Waals surface area contributed by atoms with E-state index in [4.69, 9.17) is 0 Å². The van der Waals surface area contributed by atoms with Crippen LogP contribution >= 0.6 is 15.9 Å². The zero-order valence-electron chi connectivity index (χ0n) is 11.3. The highest BCUT2D eigenvalue weighted by atomic mass is 79.9. The number of carboxylic acids is 1. The molecule has 0 saturated carbocycles. The molecule has 1 unspecified atom stereocenters. The molecule has 1 fully saturated rings. The number of benzene rings is 1. The SMILES string of the molecule is O=C(O)C1CCCN1Cc1cn(-c2ccccc2Br)nn1. The minimum absolute atomic E-state index is 0.404. The van der Waals surface area contributed by atoms with Gasteiger partial charge in [0.15, 0.2) is 0 Å². The third-order valence-corrected chi connectivity index (χ3v) is 4.32. The van der Waals surface area contributed by atoms with Gasteiger partial charge in [-0.1, -0.05) is 17.3 Å². The van der Waals surface area contributed by atoms with Gasteiger partial charge in [-0.05, 0) is 47.4 Å². The van der Waals surface area contributed by atoms with Gasteiger partial charge in [0.1, 0.15) is 6.04 Å². The summed E-state index contributed by atoms with van der Waals surface area (Å²) in [7, 11) is 0. The van der Waals surface area contributed by atoms with E-state index in [0.29, 0.717) is 13.0 Å². The van der Waals surface area contributed by atoms with E-state index in [2.05, 4.69) is 26.2 Å². The summed E-state index contributed by atoms with van der Waals surface area (Å²) in [4.78, 5) is 13.1. The van der Waals surface area contributed by atoms with E-state index in [-0.39, 0.29) is 0 Å². The fraction of sp³-hybridized carbons (Fsp3) is 0.357. The number of carbonyl (C=O) groups is 1. The zero-order chi connectivity index (χ0) is 14.8. The monoisotopic (exact) mass is 350 g/mol. The van der Waals surface area contributed by atoms with Crippen molar-refractivity contribution in [2.45, 2.75) is 25.4 Å². The molecule has 1 aliphatic heterocycles. The molecule has 3 rings (SSSR count). The van der Waals surface area contributed by atoms with Crippen molar-refractivity contribution in [2.24, 2.45) is 0 Å². The van der Waals surface area contributed by atoms with Crippen LogP contribution in [-0.2, 0) is 11.3 Å². The summed E-state index contributed by atoms with van der Waals surface area (Å²) in [6.07, 6.45) is 3.46. The molecule has 2 heterocycles. The Morgan fingerprint density at radius 2 is 2.24 bits per heavy atom. The van der Waals surface area contributed by atoms with Crippen molar-refractivity contribution in [2.75, 3.05) is 6.54 Å². The van der Waals surface area contributed by atoms with E-state index >= 15 is 0 Å². The molecule has 6 nitrogen and oxygen atoms in total. The second-order valence-electron chi connectivity index (χ2n) is 5.07. The Labute approximate surface area is 130 Å². The third-order valence-electron chi connectivity index (χ3n) is 3.65. The van der Waals surface area contributed by atoms with Gasteiger partial charge in [-0.3, -0.25) is 9.69 Å². The van der Waals surface area contributed by atoms with Crippen molar-refractivity contribution in [3.8, 4) is 5.69 Å². The maximum absolute atomic E-state index is 11.2. The van der Waals surface area contributed by atoms with Crippen LogP contribution in [0.15, 0.2) is 34.9 Å². The average Bonchev–Trinajstić information content (AvgIpc) is 3.09. The number of likely N-dealkylation sites (tertiary alicyclic amines) is 1. The van der Waals surface area contributed by atoms with E-state index in [1.54, 1.807) is 4.68 Å². The molecule has 0 spiro atoms. The van der Waals surface area contributed by atoms with Crippen molar-refractivity contribution >= 4 is 21.9 Å². The van der Waals surface area contributed by atoms with Gasteiger partial charge in [0.25, 0.3) is 0 Å². The Balaban J connectivity index is 1.77. The summed E-state index contributed by atoms with van der Waals surface area (Å²) >= 11 is 3.48. The van der Waals surface area contributed by atoms with Crippen LogP contribution in [0.1, 0.15) is 18.5 Å². The molecule has 1 N–H and O–H groups in total. The summed E-state index contributed by atoms with van der Waals surface area (Å²) in [5.41, 5.74) is 1.69. The molecular weight excluding hydrogens is 336 g/mol. The van der Waals surface area contributed by atoms with Crippen molar-refractivity contribution in [3.63, 3.8) is 0 Å². The van der Waals surface area contributed by atoms with Crippen LogP contribution in [0.4, 0.5) is 0 Å². The third kappa shape index (κ3) is 2.98. The van der Waals surface area contributed by atoms with Gasteiger partial charge in [-0.15, -0.1) is 5.10 Å². The summed E-state index contributed by atoms with van der Waals surface area (Å²) in [6, 6.07) is 7.35. The number of aromatic nitrogens is 3. The predicted octanol–water partition coefficient (Wildman–Crippen LogP) is 2.08. The first-order valence-corrected chi connectivity index (χ1v) is 7.57. The fourth-order valence-corrected chi connectivity index (χ4v) is 3.10. The highest BCUT2D eigenvalue weighted by Gasteiger charge is 2.30. The highest BCUT2D eigenvalue weighted by Crippen LogP contribution is 2.22. The molecule has 1 aliphatic rings. The quantitative estimate of drug-likeness (QED) is 0.913. The van der Waals surface area contributed by atoms with Crippen molar-refractivity contribution < 1.29 is 9.90 Å². The first-order valence-electron chi connectivity index (χ1n) is 6.78. The van der Waals surface area contributed by atoms with Gasteiger partial charge in [0.05, 0.1) is 17.6 Å². The van der Waals surface area contributed by atoms with E-state index < -0.39 is 12.0 Å². The van der Waals surface area contributed by atoms with Crippen LogP contribution in [0.25, 0.3) is 5.69 Å². The highest BCUT2D eigenvalue weighted by molar-refractivity contribution is 9.10. The molecule has 7 heteroatoms. The van der Waals surface area contributed by atoms with Crippen molar-refractivity contribution in [1.82, 2.24) is 19.9 Å². The normalized spacial score (nSPS) is 19.0. The maximum Gasteiger partial charge on any atom is 0.320 e. The first-order chi connectivity index (χ1) is 10.1. The molecule has 21 heavy (non-hydrogen) atoms. The molecule has 0 bridgehead atoms. The fourth-order valence-electron chi connectivity index (χ4n) is 2.63. The lowest BCUT2D eigenvalue weighted by molar-refractivity contribution is -0.142. The molecule has 2 aromatic rings. The Bertz CT molecular complexity index is 658. The first kappa shape index (κ1) is 14.2. The van der Waals surface area contributed by atoms with Gasteiger partial charge in [0.2, 0.25) is 0 Å². The van der Waals surface area contributed by atoms with Gasteiger partial charge in [-0.2, -0.15) is 0 Å². The minimum atomic E-state index is -0.759. The average molecular weight is 351 g/mol. The van der Waals surface area contributed by atoms with E-state index in [0.717, 1.165) is 28.8 Å². The standard InChI is InChI=1S/C14H15BrN4O2/c15-11-4-1-2-5-12(11)19-9-10(16-17-19)8-18-7-3-6-13(18)14(20)21/h1-2,4-5,9,13H,3,6-8H2,(H,20,21). The molecule has 0 aliphatic carbocycles. The number of rotatable bonds is 4. The predicted molar refractivity (Wildman–Crippen MR) is 80.1 cm³/mol. The second kappa shape index (κ2) is 5.95. The number of carboxylic acid groups (broad SMARTS) is 1. The Kier molecular flexibility index (Phi) is 4.03. The molecule has 1 aromatic heterocycles. The zero-order valence-corrected chi connectivity index (χ0v) is 12.9. The summed E-state index contributed by atoms with van der Waals surface area (Å²) in [5.74, 6) is -0.759. The largest absolute Gasteiger partial charge is 0.480 e. The Hall–Kier alpha value is -1.73. The Morgan fingerprint density at radius 3 is 3.00 bits per heavy atom. The van der Waals surface area contributed by atoms with Crippen molar-refractivity contribution in [3.05, 3.63) is 40.6 Å². The number of hydrogen-bond donors (Lipinski definition) is 1. The number of hydrogen-bond acceptors (Lipinski definition) is 4. The molecule has 0 radical (unpaired) electrons. The molecule has 0 amide bonds. The maximum atomic E-state index is 11.2. The van der Waals surface area contributed by atoms with Crippen LogP contribution in [-0.4, -0.2) is 43.6 Å². The number of aliphatic carboxylic acids is 1. The second-order valence-corrected chi connectivity index (χ2v) is 5.93. The van der Waals surface area contributed by atoms with E-state index in [1.165, 1.54) is 0 Å². The van der Waals surface area contributed by atoms with Gasteiger partial charge < -0.3 is 5.11 Å². The van der Waals surface area contributed by atoms with E-state index in [9.17, 15) is 9.90 Å². The molecule has 1 saturated heterocycles. The van der Waals surface area contributed by atoms with Crippen LogP contribution in [0, 0.1) is 0 Å². The summed E-state index contributed by atoms with van der Waals surface area (Å²) < 4.78 is 2.64. The summed E-state index contributed by atoms with van der Waals surface area (Å²) in [5, 5.41) is 17.5. The van der Waals surface area contributed by atoms with Crippen LogP contribution in [0.3, 0.4) is 0 Å². The number of para-hydroxylation sites is 1. The number of nitrogens with zero attached hydrogens (tertiary/aromatic N) is 4. The Morgan fingerprint density at radius 1 is 1.43 bits per heavy atom. The smallest absolute Gasteiger partial charge is 0.320 e. The van der Waals surface area contributed by atoms with Gasteiger partial charge >= 0.3 is 5.97 Å². The lowest BCUT2D eigenvalue weighted by atomic mass is 10.2. The summed E-state index contributed by atoms with van der Waals surface area (Å²) in [6.45, 7) is 1.31. The van der Waals surface area contributed by atoms with Crippen molar-refractivity contribution in [1.29, 1.82) is 0 Å². The molecule has 1 atom stereocenters. The lowest BCUT2D eigenvalue weighted by Gasteiger charge is -2.19. The van der Waals surface area contributed by atoms with E-state index in [1.807, 2.05) is 35.4 Å². The van der Waals surface area contributed by atoms with Gasteiger partial charge in [0, 0.05) is 11.0 Å².